The summed E-state index contributed by atoms with van der Waals surface area (Å²) in [7, 11) is 0. The van der Waals surface area contributed by atoms with E-state index < -0.39 is 5.97 Å². The number of amides is 2. The number of carbonyl (C=O) groups excluding carboxylic acids is 3. The lowest BCUT2D eigenvalue weighted by Gasteiger charge is -2.07. The molecule has 0 spiro atoms. The Morgan fingerprint density at radius 2 is 1.86 bits per heavy atom. The highest BCUT2D eigenvalue weighted by molar-refractivity contribution is 5.74. The van der Waals surface area contributed by atoms with Crippen LogP contribution in [-0.2, 0) is 19.2 Å². The molecule has 2 amide bonds. The number of hydrogen-bond acceptors (Lipinski definition) is 5. The number of aliphatic hydroxyl groups excluding tert-OH is 1. The number of hydrogen-bond donors (Lipinski definition) is 1. The van der Waals surface area contributed by atoms with E-state index in [-0.39, 0.29) is 30.9 Å². The Morgan fingerprint density at radius 1 is 1.21 bits per heavy atom. The van der Waals surface area contributed by atoms with Gasteiger partial charge in [0.1, 0.15) is 0 Å². The maximum absolute atomic E-state index is 10.9. The minimum Gasteiger partial charge on any atom is -0.396 e. The third-order valence-corrected chi connectivity index (χ3v) is 1.45. The molecule has 0 aliphatic rings. The smallest absolute Gasteiger partial charge is 0.333 e. The zero-order valence-corrected chi connectivity index (χ0v) is 7.72. The van der Waals surface area contributed by atoms with Crippen molar-refractivity contribution in [1.29, 1.82) is 0 Å². The van der Waals surface area contributed by atoms with Crippen molar-refractivity contribution in [2.75, 3.05) is 6.61 Å². The first-order valence-electron chi connectivity index (χ1n) is 4.25. The number of nitrogens with zero attached hydrogens (tertiary/aromatic N) is 1. The minimum absolute atomic E-state index is 0.0872. The van der Waals surface area contributed by atoms with E-state index >= 15 is 0 Å². The molecular weight excluding hydrogens is 190 g/mol. The minimum atomic E-state index is -0.637. The molecule has 0 unspecified atom stereocenters. The lowest BCUT2D eigenvalue weighted by atomic mass is 10.2. The van der Waals surface area contributed by atoms with Gasteiger partial charge in [-0.2, -0.15) is 0 Å². The summed E-state index contributed by atoms with van der Waals surface area (Å²) in [5.74, 6) is -0.637. The number of unbranched alkanes of at least 4 members (excludes halogenated alkanes) is 2. The van der Waals surface area contributed by atoms with E-state index in [4.69, 9.17) is 5.11 Å². The van der Waals surface area contributed by atoms with Gasteiger partial charge in [0.05, 0.1) is 0 Å². The average molecular weight is 203 g/mol. The summed E-state index contributed by atoms with van der Waals surface area (Å²) in [6.45, 7) is 0.0872. The zero-order valence-electron chi connectivity index (χ0n) is 7.72. The van der Waals surface area contributed by atoms with Crippen LogP contribution >= 0.6 is 0 Å². The Kier molecular flexibility index (Phi) is 7.35. The van der Waals surface area contributed by atoms with Crippen LogP contribution in [0.1, 0.15) is 25.7 Å². The van der Waals surface area contributed by atoms with Gasteiger partial charge in [-0.3, -0.25) is 9.59 Å². The van der Waals surface area contributed by atoms with Gasteiger partial charge in [-0.1, -0.05) is 6.42 Å². The number of hydroxylamine groups is 2. The van der Waals surface area contributed by atoms with E-state index in [2.05, 4.69) is 4.84 Å². The van der Waals surface area contributed by atoms with Crippen molar-refractivity contribution in [1.82, 2.24) is 5.06 Å². The Bertz CT molecular complexity index is 186. The molecule has 6 heteroatoms. The van der Waals surface area contributed by atoms with Crippen LogP contribution in [0.25, 0.3) is 0 Å². The molecule has 1 N–H and O–H groups in total. The number of aliphatic hydroxyl groups is 1. The lowest BCUT2D eigenvalue weighted by Crippen LogP contribution is -2.24. The van der Waals surface area contributed by atoms with E-state index in [9.17, 15) is 14.4 Å². The van der Waals surface area contributed by atoms with E-state index in [1.165, 1.54) is 0 Å². The van der Waals surface area contributed by atoms with Crippen LogP contribution in [0.4, 0.5) is 0 Å². The number of imide groups is 1. The van der Waals surface area contributed by atoms with Gasteiger partial charge in [0, 0.05) is 13.0 Å². The SMILES string of the molecule is O=CN(C=O)OC(=O)CCCCCO. The van der Waals surface area contributed by atoms with Crippen molar-refractivity contribution in [2.24, 2.45) is 0 Å². The average Bonchev–Trinajstić information content (AvgIpc) is 2.21. The predicted molar refractivity (Wildman–Crippen MR) is 45.6 cm³/mol. The first-order chi connectivity index (χ1) is 6.74. The molecule has 0 aromatic rings. The van der Waals surface area contributed by atoms with Crippen molar-refractivity contribution < 1.29 is 24.3 Å². The molecule has 6 nitrogen and oxygen atoms in total. The van der Waals surface area contributed by atoms with Crippen LogP contribution in [0.2, 0.25) is 0 Å². The number of rotatable bonds is 8. The summed E-state index contributed by atoms with van der Waals surface area (Å²) in [6, 6.07) is 0. The van der Waals surface area contributed by atoms with Gasteiger partial charge in [-0.25, -0.2) is 4.79 Å². The largest absolute Gasteiger partial charge is 0.396 e. The van der Waals surface area contributed by atoms with Gasteiger partial charge in [-0.05, 0) is 12.8 Å². The van der Waals surface area contributed by atoms with Crippen molar-refractivity contribution in [3.05, 3.63) is 0 Å². The Balaban J connectivity index is 3.53. The normalized spacial score (nSPS) is 9.21. The highest BCUT2D eigenvalue weighted by Gasteiger charge is 2.07. The van der Waals surface area contributed by atoms with Gasteiger partial charge < -0.3 is 9.94 Å². The van der Waals surface area contributed by atoms with Crippen LogP contribution in [0, 0.1) is 0 Å². The first kappa shape index (κ1) is 12.6. The summed E-state index contributed by atoms with van der Waals surface area (Å²) >= 11 is 0. The molecule has 0 rings (SSSR count). The van der Waals surface area contributed by atoms with Crippen LogP contribution in [-0.4, -0.2) is 35.6 Å². The van der Waals surface area contributed by atoms with Gasteiger partial charge in [-0.15, -0.1) is 5.06 Å². The van der Waals surface area contributed by atoms with Gasteiger partial charge in [0.25, 0.3) is 12.8 Å². The van der Waals surface area contributed by atoms with Crippen LogP contribution in [0.3, 0.4) is 0 Å². The highest BCUT2D eigenvalue weighted by Crippen LogP contribution is 2.01. The second kappa shape index (κ2) is 8.18. The Hall–Kier alpha value is -1.43. The summed E-state index contributed by atoms with van der Waals surface area (Å²) in [5, 5.41) is 8.71. The van der Waals surface area contributed by atoms with Crippen molar-refractivity contribution in [3.8, 4) is 0 Å². The Morgan fingerprint density at radius 3 is 2.36 bits per heavy atom. The molecule has 0 saturated carbocycles. The van der Waals surface area contributed by atoms with E-state index in [0.717, 1.165) is 0 Å². The summed E-state index contributed by atoms with van der Waals surface area (Å²) < 4.78 is 0. The van der Waals surface area contributed by atoms with Crippen LogP contribution in [0.15, 0.2) is 0 Å². The fourth-order valence-electron chi connectivity index (χ4n) is 0.789. The summed E-state index contributed by atoms with van der Waals surface area (Å²) in [6.07, 6.45) is 2.23. The molecule has 0 saturated heterocycles. The molecule has 0 aliphatic heterocycles. The van der Waals surface area contributed by atoms with Gasteiger partial charge in [0.15, 0.2) is 0 Å². The molecule has 14 heavy (non-hydrogen) atoms. The topological polar surface area (TPSA) is 83.9 Å². The first-order valence-corrected chi connectivity index (χ1v) is 4.25. The fraction of sp³-hybridized carbons (Fsp3) is 0.625. The number of carbonyl (C=O) groups is 3. The van der Waals surface area contributed by atoms with Gasteiger partial charge >= 0.3 is 5.97 Å². The zero-order chi connectivity index (χ0) is 10.8. The molecule has 0 atom stereocenters. The summed E-state index contributed by atoms with van der Waals surface area (Å²) in [5.41, 5.74) is 0. The fourth-order valence-corrected chi connectivity index (χ4v) is 0.789. The van der Waals surface area contributed by atoms with Crippen molar-refractivity contribution in [3.63, 3.8) is 0 Å². The van der Waals surface area contributed by atoms with E-state index in [0.29, 0.717) is 19.3 Å². The second-order valence-corrected chi connectivity index (χ2v) is 2.57. The maximum Gasteiger partial charge on any atom is 0.333 e. The predicted octanol–water partition coefficient (Wildman–Crippen LogP) is -0.388. The standard InChI is InChI=1S/C8H13NO5/c10-5-3-1-2-4-8(13)14-9(6-11)7-12/h6-7,10H,1-5H2. The molecule has 0 aliphatic carbocycles. The Labute approximate surface area is 81.4 Å². The molecule has 0 aromatic heterocycles. The monoisotopic (exact) mass is 203 g/mol. The third kappa shape index (κ3) is 6.13. The van der Waals surface area contributed by atoms with Crippen molar-refractivity contribution in [2.45, 2.75) is 25.7 Å². The highest BCUT2D eigenvalue weighted by atomic mass is 16.7. The quantitative estimate of drug-likeness (QED) is 0.330. The lowest BCUT2D eigenvalue weighted by molar-refractivity contribution is -0.190. The third-order valence-electron chi connectivity index (χ3n) is 1.45. The van der Waals surface area contributed by atoms with E-state index in [1.54, 1.807) is 0 Å². The maximum atomic E-state index is 10.9. The van der Waals surface area contributed by atoms with Crippen molar-refractivity contribution >= 4 is 18.8 Å². The molecule has 0 aromatic carbocycles. The van der Waals surface area contributed by atoms with Crippen LogP contribution in [0.5, 0.6) is 0 Å². The van der Waals surface area contributed by atoms with Crippen LogP contribution < -0.4 is 0 Å². The summed E-state index contributed by atoms with van der Waals surface area (Å²) in [4.78, 5) is 35.3. The molecule has 0 fully saturated rings. The molecule has 80 valence electrons. The van der Waals surface area contributed by atoms with Gasteiger partial charge in [0.2, 0.25) is 0 Å². The molecule has 0 radical (unpaired) electrons. The molecule has 0 heterocycles. The van der Waals surface area contributed by atoms with E-state index in [1.807, 2.05) is 0 Å². The molecule has 0 bridgehead atoms. The molecular formula is C8H13NO5. The second-order valence-electron chi connectivity index (χ2n) is 2.57.